The monoisotopic (exact) mass is 352 g/mol. The van der Waals surface area contributed by atoms with Gasteiger partial charge in [0, 0.05) is 38.2 Å². The molecule has 0 aliphatic carbocycles. The predicted molar refractivity (Wildman–Crippen MR) is 101 cm³/mol. The first kappa shape index (κ1) is 16.9. The molecule has 0 bridgehead atoms. The van der Waals surface area contributed by atoms with Crippen LogP contribution >= 0.6 is 0 Å². The van der Waals surface area contributed by atoms with Gasteiger partial charge >= 0.3 is 0 Å². The summed E-state index contributed by atoms with van der Waals surface area (Å²) in [7, 11) is 1.90. The lowest BCUT2D eigenvalue weighted by molar-refractivity contribution is 0.102. The van der Waals surface area contributed by atoms with E-state index in [0.29, 0.717) is 11.9 Å². The molecule has 0 spiro atoms. The summed E-state index contributed by atoms with van der Waals surface area (Å²) in [5.74, 6) is 1.53. The Labute approximate surface area is 152 Å². The van der Waals surface area contributed by atoms with Gasteiger partial charge in [-0.3, -0.25) is 9.67 Å². The third-order valence-electron chi connectivity index (χ3n) is 4.80. The third kappa shape index (κ3) is 3.67. The first-order valence-corrected chi connectivity index (χ1v) is 9.27. The molecule has 0 saturated carbocycles. The summed E-state index contributed by atoms with van der Waals surface area (Å²) < 4.78 is 7.47. The molecule has 1 fully saturated rings. The topological polar surface area (TPSA) is 77.8 Å². The Morgan fingerprint density at radius 3 is 2.92 bits per heavy atom. The molecule has 1 saturated heterocycles. The molecule has 0 aromatic carbocycles. The van der Waals surface area contributed by atoms with Crippen LogP contribution in [0, 0.1) is 0 Å². The van der Waals surface area contributed by atoms with E-state index < -0.39 is 0 Å². The highest BCUT2D eigenvalue weighted by molar-refractivity contribution is 5.88. The van der Waals surface area contributed by atoms with Gasteiger partial charge in [0.1, 0.15) is 5.82 Å². The Balaban J connectivity index is 1.46. The lowest BCUT2D eigenvalue weighted by Gasteiger charge is -2.11. The number of hydrogen-bond donors (Lipinski definition) is 1. The van der Waals surface area contributed by atoms with Gasteiger partial charge < -0.3 is 10.1 Å². The normalized spacial score (nSPS) is 17.0. The molecular weight excluding hydrogens is 328 g/mol. The molecule has 136 valence electrons. The molecule has 4 heterocycles. The van der Waals surface area contributed by atoms with Crippen molar-refractivity contribution in [2.45, 2.75) is 38.2 Å². The number of rotatable bonds is 7. The average molecular weight is 352 g/mol. The Bertz CT molecular complexity index is 857. The maximum absolute atomic E-state index is 5.69. The Morgan fingerprint density at radius 2 is 2.12 bits per heavy atom. The van der Waals surface area contributed by atoms with Crippen molar-refractivity contribution in [2.24, 2.45) is 7.05 Å². The van der Waals surface area contributed by atoms with Gasteiger partial charge in [0.2, 0.25) is 0 Å². The van der Waals surface area contributed by atoms with Gasteiger partial charge in [0.15, 0.2) is 11.5 Å². The van der Waals surface area contributed by atoms with Gasteiger partial charge in [0.05, 0.1) is 17.7 Å². The quantitative estimate of drug-likeness (QED) is 0.658. The molecule has 26 heavy (non-hydrogen) atoms. The largest absolute Gasteiger partial charge is 0.378 e. The van der Waals surface area contributed by atoms with Crippen LogP contribution in [-0.2, 0) is 11.8 Å². The molecule has 1 N–H and O–H groups in total. The molecule has 0 amide bonds. The molecular formula is C19H24N6O. The first-order chi connectivity index (χ1) is 12.8. The predicted octanol–water partition coefficient (Wildman–Crippen LogP) is 3.19. The summed E-state index contributed by atoms with van der Waals surface area (Å²) >= 11 is 0. The van der Waals surface area contributed by atoms with E-state index in [-0.39, 0.29) is 0 Å². The zero-order valence-electron chi connectivity index (χ0n) is 15.1. The molecule has 7 nitrogen and oxygen atoms in total. The van der Waals surface area contributed by atoms with E-state index in [0.717, 1.165) is 54.8 Å². The minimum absolute atomic E-state index is 0.470. The minimum atomic E-state index is 0.470. The maximum atomic E-state index is 5.69. The van der Waals surface area contributed by atoms with Gasteiger partial charge in [-0.25, -0.2) is 9.97 Å². The van der Waals surface area contributed by atoms with Crippen molar-refractivity contribution in [3.8, 4) is 11.4 Å². The summed E-state index contributed by atoms with van der Waals surface area (Å²) in [6.07, 6.45) is 11.6. The van der Waals surface area contributed by atoms with Gasteiger partial charge in [-0.1, -0.05) is 0 Å². The van der Waals surface area contributed by atoms with E-state index in [4.69, 9.17) is 9.72 Å². The Morgan fingerprint density at radius 1 is 1.23 bits per heavy atom. The van der Waals surface area contributed by atoms with Crippen LogP contribution in [0.2, 0.25) is 0 Å². The number of aryl methyl sites for hydroxylation is 1. The number of anilines is 1. The summed E-state index contributed by atoms with van der Waals surface area (Å²) in [5.41, 5.74) is 1.78. The van der Waals surface area contributed by atoms with Crippen LogP contribution in [0.25, 0.3) is 22.4 Å². The molecule has 1 aliphatic heterocycles. The van der Waals surface area contributed by atoms with Crippen LogP contribution in [0.5, 0.6) is 0 Å². The van der Waals surface area contributed by atoms with Crippen molar-refractivity contribution < 1.29 is 4.74 Å². The number of nitrogens with one attached hydrogen (secondary N) is 1. The fourth-order valence-electron chi connectivity index (χ4n) is 3.36. The molecule has 3 aromatic heterocycles. The van der Waals surface area contributed by atoms with Crippen molar-refractivity contribution in [3.63, 3.8) is 0 Å². The second kappa shape index (κ2) is 7.78. The van der Waals surface area contributed by atoms with Crippen molar-refractivity contribution in [3.05, 3.63) is 30.7 Å². The van der Waals surface area contributed by atoms with Crippen LogP contribution in [0.3, 0.4) is 0 Å². The second-order valence-corrected chi connectivity index (χ2v) is 6.69. The highest BCUT2D eigenvalue weighted by Gasteiger charge is 2.15. The zero-order valence-corrected chi connectivity index (χ0v) is 15.1. The summed E-state index contributed by atoms with van der Waals surface area (Å²) in [5, 5.41) is 8.76. The standard InChI is InChI=1S/C19H24N6O/c1-25-19-16(13-22-25)18(21-9-3-2-5-15-6-4-12-26-15)23-17(24-19)14-7-10-20-11-8-14/h7-8,10-11,13,15H,2-6,9,12H2,1H3,(H,21,23,24)/t15-/m0/s1. The van der Waals surface area contributed by atoms with Crippen molar-refractivity contribution in [2.75, 3.05) is 18.5 Å². The van der Waals surface area contributed by atoms with E-state index >= 15 is 0 Å². The van der Waals surface area contributed by atoms with Crippen LogP contribution in [0.1, 0.15) is 32.1 Å². The molecule has 1 aliphatic rings. The number of unbranched alkanes of at least 4 members (excludes halogenated alkanes) is 1. The number of nitrogens with zero attached hydrogens (tertiary/aromatic N) is 5. The molecule has 7 heteroatoms. The van der Waals surface area contributed by atoms with Crippen molar-refractivity contribution >= 4 is 16.9 Å². The number of aromatic nitrogens is 5. The fraction of sp³-hybridized carbons (Fsp3) is 0.474. The number of hydrogen-bond acceptors (Lipinski definition) is 6. The zero-order chi connectivity index (χ0) is 17.8. The van der Waals surface area contributed by atoms with E-state index in [2.05, 4.69) is 20.4 Å². The maximum Gasteiger partial charge on any atom is 0.164 e. The second-order valence-electron chi connectivity index (χ2n) is 6.69. The Kier molecular flexibility index (Phi) is 5.06. The third-order valence-corrected chi connectivity index (χ3v) is 4.80. The molecule has 3 aromatic rings. The summed E-state index contributed by atoms with van der Waals surface area (Å²) in [6.45, 7) is 1.81. The Hall–Kier alpha value is -2.54. The average Bonchev–Trinajstić information content (AvgIpc) is 3.32. The minimum Gasteiger partial charge on any atom is -0.378 e. The van der Waals surface area contributed by atoms with Crippen molar-refractivity contribution in [1.82, 2.24) is 24.7 Å². The van der Waals surface area contributed by atoms with Crippen LogP contribution < -0.4 is 5.32 Å². The number of ether oxygens (including phenoxy) is 1. The number of pyridine rings is 1. The first-order valence-electron chi connectivity index (χ1n) is 9.27. The molecule has 0 unspecified atom stereocenters. The van der Waals surface area contributed by atoms with E-state index in [1.807, 2.05) is 25.4 Å². The van der Waals surface area contributed by atoms with Gasteiger partial charge in [-0.15, -0.1) is 0 Å². The van der Waals surface area contributed by atoms with E-state index in [9.17, 15) is 0 Å². The summed E-state index contributed by atoms with van der Waals surface area (Å²) in [6, 6.07) is 3.84. The lowest BCUT2D eigenvalue weighted by atomic mass is 10.1. The molecule has 0 radical (unpaired) electrons. The number of fused-ring (bicyclic) bond motifs is 1. The van der Waals surface area contributed by atoms with Gasteiger partial charge in [0.25, 0.3) is 0 Å². The SMILES string of the molecule is Cn1ncc2c(NCCCC[C@H]3CCCO3)nc(-c3ccncc3)nc21. The van der Waals surface area contributed by atoms with E-state index in [1.165, 1.54) is 12.8 Å². The highest BCUT2D eigenvalue weighted by atomic mass is 16.5. The summed E-state index contributed by atoms with van der Waals surface area (Å²) in [4.78, 5) is 13.5. The van der Waals surface area contributed by atoms with Crippen LogP contribution in [0.4, 0.5) is 5.82 Å². The van der Waals surface area contributed by atoms with E-state index in [1.54, 1.807) is 17.1 Å². The smallest absolute Gasteiger partial charge is 0.164 e. The molecule has 4 rings (SSSR count). The fourth-order valence-corrected chi connectivity index (χ4v) is 3.36. The van der Waals surface area contributed by atoms with Crippen LogP contribution in [-0.4, -0.2) is 44.0 Å². The lowest BCUT2D eigenvalue weighted by Crippen LogP contribution is -2.08. The highest BCUT2D eigenvalue weighted by Crippen LogP contribution is 2.24. The van der Waals surface area contributed by atoms with Crippen LogP contribution in [0.15, 0.2) is 30.7 Å². The molecule has 1 atom stereocenters. The van der Waals surface area contributed by atoms with Gasteiger partial charge in [-0.2, -0.15) is 5.10 Å². The van der Waals surface area contributed by atoms with Crippen molar-refractivity contribution in [1.29, 1.82) is 0 Å². The van der Waals surface area contributed by atoms with Gasteiger partial charge in [-0.05, 0) is 44.2 Å².